The molecule has 4 heterocycles. The van der Waals surface area contributed by atoms with E-state index in [0.29, 0.717) is 26.1 Å². The summed E-state index contributed by atoms with van der Waals surface area (Å²) in [5.74, 6) is 1.20. The van der Waals surface area contributed by atoms with Crippen molar-refractivity contribution < 1.29 is 9.59 Å². The van der Waals surface area contributed by atoms with Crippen molar-refractivity contribution >= 4 is 34.2 Å². The van der Waals surface area contributed by atoms with Gasteiger partial charge in [-0.3, -0.25) is 9.59 Å². The monoisotopic (exact) mass is 436 g/mol. The van der Waals surface area contributed by atoms with Crippen LogP contribution in [-0.4, -0.2) is 50.8 Å². The summed E-state index contributed by atoms with van der Waals surface area (Å²) in [5.41, 5.74) is 1.87. The molecule has 0 N–H and O–H groups in total. The molecule has 3 aromatic rings. The van der Waals surface area contributed by atoms with Crippen LogP contribution in [0.3, 0.4) is 0 Å². The highest BCUT2D eigenvalue weighted by molar-refractivity contribution is 7.09. The van der Waals surface area contributed by atoms with Gasteiger partial charge in [0.1, 0.15) is 12.4 Å². The number of carbonyl (C=O) groups is 2. The van der Waals surface area contributed by atoms with E-state index >= 15 is 0 Å². The number of fused-ring (bicyclic) bond motifs is 1. The maximum atomic E-state index is 13.2. The Kier molecular flexibility index (Phi) is 5.76. The van der Waals surface area contributed by atoms with E-state index in [0.717, 1.165) is 42.8 Å². The molecule has 0 saturated carbocycles. The first-order chi connectivity index (χ1) is 15.2. The third-order valence-corrected chi connectivity index (χ3v) is 7.30. The predicted octanol–water partition coefficient (Wildman–Crippen LogP) is 4.02. The Morgan fingerprint density at radius 2 is 1.87 bits per heavy atom. The van der Waals surface area contributed by atoms with Crippen molar-refractivity contribution in [3.8, 4) is 0 Å². The van der Waals surface area contributed by atoms with Crippen LogP contribution in [0.25, 0.3) is 11.0 Å². The van der Waals surface area contributed by atoms with Gasteiger partial charge in [-0.15, -0.1) is 11.3 Å². The molecule has 1 atom stereocenters. The van der Waals surface area contributed by atoms with E-state index in [-0.39, 0.29) is 17.7 Å². The van der Waals surface area contributed by atoms with E-state index < -0.39 is 0 Å². The number of thiophene rings is 1. The number of aromatic nitrogens is 2. The van der Waals surface area contributed by atoms with E-state index in [1.807, 2.05) is 45.5 Å². The minimum Gasteiger partial charge on any atom is -0.341 e. The number of benzene rings is 1. The number of amides is 2. The van der Waals surface area contributed by atoms with Gasteiger partial charge in [-0.25, -0.2) is 4.98 Å². The fraction of sp³-hybridized carbons (Fsp3) is 0.458. The van der Waals surface area contributed by atoms with Crippen molar-refractivity contribution in [2.24, 2.45) is 0 Å². The number of hydrogen-bond acceptors (Lipinski definition) is 4. The summed E-state index contributed by atoms with van der Waals surface area (Å²) in [4.78, 5) is 35.9. The Morgan fingerprint density at radius 3 is 2.65 bits per heavy atom. The minimum absolute atomic E-state index is 0.0109. The smallest absolute Gasteiger partial charge is 0.242 e. The normalized spacial score (nSPS) is 19.9. The average molecular weight is 437 g/mol. The zero-order valence-electron chi connectivity index (χ0n) is 17.7. The number of imidazole rings is 1. The highest BCUT2D eigenvalue weighted by Crippen LogP contribution is 2.32. The number of para-hydroxylation sites is 2. The summed E-state index contributed by atoms with van der Waals surface area (Å²) >= 11 is 1.68. The summed E-state index contributed by atoms with van der Waals surface area (Å²) in [7, 11) is 0. The third-order valence-electron chi connectivity index (χ3n) is 6.44. The minimum atomic E-state index is 0.0109. The number of hydrogen-bond donors (Lipinski definition) is 0. The molecule has 2 saturated heterocycles. The molecular formula is C24H28N4O2S. The third kappa shape index (κ3) is 4.24. The molecule has 162 valence electrons. The van der Waals surface area contributed by atoms with Crippen LogP contribution in [0.15, 0.2) is 41.8 Å². The standard InChI is InChI=1S/C24H28N4O2S/c29-22-14-18(15-27(22)16-19-8-7-13-31-19)24-25-20-9-3-4-10-21(20)28(24)17-23(30)26-11-5-1-2-6-12-26/h3-4,7-10,13,18H,1-2,5-6,11-12,14-17H2. The van der Waals surface area contributed by atoms with Gasteiger partial charge < -0.3 is 14.4 Å². The van der Waals surface area contributed by atoms with Crippen LogP contribution in [0.4, 0.5) is 0 Å². The van der Waals surface area contributed by atoms with Crippen LogP contribution in [0.5, 0.6) is 0 Å². The topological polar surface area (TPSA) is 58.4 Å². The van der Waals surface area contributed by atoms with E-state index in [4.69, 9.17) is 4.98 Å². The molecule has 2 aliphatic heterocycles. The van der Waals surface area contributed by atoms with Gasteiger partial charge in [-0.05, 0) is 36.4 Å². The predicted molar refractivity (Wildman–Crippen MR) is 122 cm³/mol. The van der Waals surface area contributed by atoms with Crippen LogP contribution in [0.1, 0.15) is 48.7 Å². The SMILES string of the molecule is O=C(Cn1c(C2CC(=O)N(Cc3cccs3)C2)nc2ccccc21)N1CCCCCC1. The van der Waals surface area contributed by atoms with Gasteiger partial charge in [0.05, 0.1) is 17.6 Å². The Balaban J connectivity index is 1.41. The summed E-state index contributed by atoms with van der Waals surface area (Å²) in [6.45, 7) is 3.29. The highest BCUT2D eigenvalue weighted by atomic mass is 32.1. The zero-order valence-corrected chi connectivity index (χ0v) is 18.5. The molecule has 1 aromatic carbocycles. The lowest BCUT2D eigenvalue weighted by atomic mass is 10.1. The van der Waals surface area contributed by atoms with E-state index in [2.05, 4.69) is 10.6 Å². The van der Waals surface area contributed by atoms with Crippen molar-refractivity contribution in [1.29, 1.82) is 0 Å². The summed E-state index contributed by atoms with van der Waals surface area (Å²) in [6, 6.07) is 12.1. The van der Waals surface area contributed by atoms with Crippen LogP contribution >= 0.6 is 11.3 Å². The molecular weight excluding hydrogens is 408 g/mol. The molecule has 31 heavy (non-hydrogen) atoms. The van der Waals surface area contributed by atoms with Crippen LogP contribution < -0.4 is 0 Å². The lowest BCUT2D eigenvalue weighted by molar-refractivity contribution is -0.131. The maximum absolute atomic E-state index is 13.2. The van der Waals surface area contributed by atoms with Crippen molar-refractivity contribution in [1.82, 2.24) is 19.4 Å². The van der Waals surface area contributed by atoms with Crippen molar-refractivity contribution in [2.75, 3.05) is 19.6 Å². The van der Waals surface area contributed by atoms with Crippen LogP contribution in [0.2, 0.25) is 0 Å². The summed E-state index contributed by atoms with van der Waals surface area (Å²) in [6.07, 6.45) is 5.02. The van der Waals surface area contributed by atoms with Gasteiger partial charge in [-0.2, -0.15) is 0 Å². The van der Waals surface area contributed by atoms with Gasteiger partial charge in [0.25, 0.3) is 0 Å². The van der Waals surface area contributed by atoms with Gasteiger partial charge in [-0.1, -0.05) is 31.0 Å². The first-order valence-electron chi connectivity index (χ1n) is 11.2. The molecule has 0 radical (unpaired) electrons. The molecule has 0 spiro atoms. The van der Waals surface area contributed by atoms with Crippen molar-refractivity contribution in [2.45, 2.75) is 51.1 Å². The molecule has 2 fully saturated rings. The Morgan fingerprint density at radius 1 is 1.06 bits per heavy atom. The van der Waals surface area contributed by atoms with Gasteiger partial charge in [0, 0.05) is 36.9 Å². The van der Waals surface area contributed by atoms with E-state index in [1.54, 1.807) is 11.3 Å². The molecule has 0 bridgehead atoms. The molecule has 0 aliphatic carbocycles. The van der Waals surface area contributed by atoms with Crippen LogP contribution in [-0.2, 0) is 22.7 Å². The summed E-state index contributed by atoms with van der Waals surface area (Å²) in [5, 5.41) is 2.04. The molecule has 6 nitrogen and oxygen atoms in total. The summed E-state index contributed by atoms with van der Waals surface area (Å²) < 4.78 is 2.06. The highest BCUT2D eigenvalue weighted by Gasteiger charge is 2.34. The second-order valence-electron chi connectivity index (χ2n) is 8.59. The first-order valence-corrected chi connectivity index (χ1v) is 12.1. The lowest BCUT2D eigenvalue weighted by Gasteiger charge is -2.22. The Bertz CT molecular complexity index is 1070. The fourth-order valence-corrected chi connectivity index (χ4v) is 5.54. The van der Waals surface area contributed by atoms with Gasteiger partial charge in [0.15, 0.2) is 0 Å². The quantitative estimate of drug-likeness (QED) is 0.607. The number of nitrogens with zero attached hydrogens (tertiary/aromatic N) is 4. The van der Waals surface area contributed by atoms with Gasteiger partial charge >= 0.3 is 0 Å². The lowest BCUT2D eigenvalue weighted by Crippen LogP contribution is -2.35. The van der Waals surface area contributed by atoms with E-state index in [9.17, 15) is 9.59 Å². The Labute approximate surface area is 186 Å². The van der Waals surface area contributed by atoms with Gasteiger partial charge in [0.2, 0.25) is 11.8 Å². The molecule has 7 heteroatoms. The second-order valence-corrected chi connectivity index (χ2v) is 9.63. The van der Waals surface area contributed by atoms with E-state index in [1.165, 1.54) is 17.7 Å². The number of rotatable bonds is 5. The fourth-order valence-electron chi connectivity index (χ4n) is 4.82. The second kappa shape index (κ2) is 8.83. The Hall–Kier alpha value is -2.67. The number of carbonyl (C=O) groups excluding carboxylic acids is 2. The average Bonchev–Trinajstić information content (AvgIpc) is 3.43. The molecule has 2 aromatic heterocycles. The first kappa shape index (κ1) is 20.2. The zero-order chi connectivity index (χ0) is 21.2. The van der Waals surface area contributed by atoms with Crippen LogP contribution in [0, 0.1) is 0 Å². The van der Waals surface area contributed by atoms with Crippen molar-refractivity contribution in [3.05, 3.63) is 52.5 Å². The molecule has 5 rings (SSSR count). The largest absolute Gasteiger partial charge is 0.341 e. The number of likely N-dealkylation sites (tertiary alicyclic amines) is 2. The molecule has 1 unspecified atom stereocenters. The van der Waals surface area contributed by atoms with Crippen molar-refractivity contribution in [3.63, 3.8) is 0 Å². The maximum Gasteiger partial charge on any atom is 0.242 e. The molecule has 2 amide bonds. The molecule has 2 aliphatic rings.